The zero-order valence-corrected chi connectivity index (χ0v) is 13.5. The number of halogens is 4. The number of anilines is 1. The van der Waals surface area contributed by atoms with Gasteiger partial charge in [-0.15, -0.1) is 0 Å². The van der Waals surface area contributed by atoms with Gasteiger partial charge in [0.25, 0.3) is 5.91 Å². The first-order valence-electron chi connectivity index (χ1n) is 6.31. The highest BCUT2D eigenvalue weighted by Crippen LogP contribution is 2.31. The molecule has 7 heteroatoms. The highest BCUT2D eigenvalue weighted by molar-refractivity contribution is 6.68. The molecule has 1 unspecified atom stereocenters. The molecule has 1 amide bonds. The lowest BCUT2D eigenvalue weighted by atomic mass is 10.2. The fourth-order valence-electron chi connectivity index (χ4n) is 1.74. The molecule has 2 aromatic rings. The SMILES string of the molecule is O=C(NC(Nc1ccccc1F)C(Cl)(Cl)Cl)c1ccccc1. The number of nitrogens with one attached hydrogen (secondary N) is 2. The zero-order valence-electron chi connectivity index (χ0n) is 11.2. The summed E-state index contributed by atoms with van der Waals surface area (Å²) in [5, 5.41) is 5.22. The van der Waals surface area contributed by atoms with E-state index in [1.165, 1.54) is 18.2 Å². The Morgan fingerprint density at radius 1 is 1.00 bits per heavy atom. The van der Waals surface area contributed by atoms with Gasteiger partial charge in [0, 0.05) is 5.56 Å². The van der Waals surface area contributed by atoms with Gasteiger partial charge in [-0.05, 0) is 24.3 Å². The van der Waals surface area contributed by atoms with Crippen LogP contribution in [0, 0.1) is 5.82 Å². The Bertz CT molecular complexity index is 647. The van der Waals surface area contributed by atoms with Gasteiger partial charge in [-0.25, -0.2) is 4.39 Å². The van der Waals surface area contributed by atoms with E-state index >= 15 is 0 Å². The van der Waals surface area contributed by atoms with Crippen LogP contribution in [0.5, 0.6) is 0 Å². The Kier molecular flexibility index (Phi) is 5.51. The maximum Gasteiger partial charge on any atom is 0.252 e. The van der Waals surface area contributed by atoms with E-state index in [9.17, 15) is 9.18 Å². The second-order valence-corrected chi connectivity index (χ2v) is 6.81. The number of alkyl halides is 3. The van der Waals surface area contributed by atoms with Crippen LogP contribution in [0.2, 0.25) is 0 Å². The summed E-state index contributed by atoms with van der Waals surface area (Å²) < 4.78 is 11.8. The smallest absolute Gasteiger partial charge is 0.252 e. The monoisotopic (exact) mass is 360 g/mol. The average molecular weight is 362 g/mol. The van der Waals surface area contributed by atoms with Crippen molar-refractivity contribution in [3.63, 3.8) is 0 Å². The summed E-state index contributed by atoms with van der Waals surface area (Å²) in [6.07, 6.45) is -1.11. The Labute approximate surface area is 142 Å². The van der Waals surface area contributed by atoms with E-state index in [2.05, 4.69) is 10.6 Å². The third-order valence-electron chi connectivity index (χ3n) is 2.81. The average Bonchev–Trinajstić information content (AvgIpc) is 2.48. The normalized spacial score (nSPS) is 12.5. The van der Waals surface area contributed by atoms with Crippen molar-refractivity contribution in [3.8, 4) is 0 Å². The number of rotatable bonds is 4. The van der Waals surface area contributed by atoms with Crippen LogP contribution in [0.3, 0.4) is 0 Å². The Morgan fingerprint density at radius 2 is 1.59 bits per heavy atom. The summed E-state index contributed by atoms with van der Waals surface area (Å²) in [4.78, 5) is 12.2. The molecule has 0 fully saturated rings. The predicted molar refractivity (Wildman–Crippen MR) is 88.0 cm³/mol. The van der Waals surface area contributed by atoms with Crippen LogP contribution in [0.4, 0.5) is 10.1 Å². The first-order valence-corrected chi connectivity index (χ1v) is 7.45. The molecule has 0 bridgehead atoms. The summed E-state index contributed by atoms with van der Waals surface area (Å²) in [5.41, 5.74) is 0.518. The Balaban J connectivity index is 2.18. The Hall–Kier alpha value is -1.49. The van der Waals surface area contributed by atoms with Crippen molar-refractivity contribution in [1.29, 1.82) is 0 Å². The number of benzene rings is 2. The molecule has 2 rings (SSSR count). The molecule has 0 spiro atoms. The lowest BCUT2D eigenvalue weighted by Crippen LogP contribution is -2.49. The van der Waals surface area contributed by atoms with Crippen molar-refractivity contribution >= 4 is 46.4 Å². The van der Waals surface area contributed by atoms with Gasteiger partial charge in [0.05, 0.1) is 5.69 Å². The van der Waals surface area contributed by atoms with E-state index in [4.69, 9.17) is 34.8 Å². The molecule has 116 valence electrons. The number of carbonyl (C=O) groups is 1. The minimum atomic E-state index is -1.87. The van der Waals surface area contributed by atoms with Crippen molar-refractivity contribution in [3.05, 3.63) is 66.0 Å². The van der Waals surface area contributed by atoms with Gasteiger partial charge in [0.15, 0.2) is 0 Å². The first kappa shape index (κ1) is 16.9. The van der Waals surface area contributed by atoms with Gasteiger partial charge >= 0.3 is 0 Å². The lowest BCUT2D eigenvalue weighted by Gasteiger charge is -2.27. The molecule has 0 aromatic heterocycles. The molecule has 0 aliphatic rings. The molecule has 0 aliphatic heterocycles. The standard InChI is InChI=1S/C15H12Cl3FN2O/c16-15(17,18)14(20-12-9-5-4-8-11(12)19)21-13(22)10-6-2-1-3-7-10/h1-9,14,20H,(H,21,22). The molecule has 2 aromatic carbocycles. The molecule has 0 saturated heterocycles. The maximum absolute atomic E-state index is 13.7. The van der Waals surface area contributed by atoms with Crippen molar-refractivity contribution in [2.45, 2.75) is 9.96 Å². The highest BCUT2D eigenvalue weighted by atomic mass is 35.6. The molecule has 0 radical (unpaired) electrons. The molecule has 2 N–H and O–H groups in total. The molecule has 3 nitrogen and oxygen atoms in total. The number of hydrogen-bond donors (Lipinski definition) is 2. The minimum Gasteiger partial charge on any atom is -0.359 e. The van der Waals surface area contributed by atoms with Crippen LogP contribution < -0.4 is 10.6 Å². The second-order valence-electron chi connectivity index (χ2n) is 4.44. The van der Waals surface area contributed by atoms with Gasteiger partial charge in [0.1, 0.15) is 12.0 Å². The number of para-hydroxylation sites is 1. The van der Waals surface area contributed by atoms with E-state index in [0.717, 1.165) is 0 Å². The summed E-state index contributed by atoms with van der Waals surface area (Å²) in [5.74, 6) is -0.962. The predicted octanol–water partition coefficient (Wildman–Crippen LogP) is 4.36. The van der Waals surface area contributed by atoms with Crippen LogP contribution in [-0.4, -0.2) is 15.9 Å². The lowest BCUT2D eigenvalue weighted by molar-refractivity contribution is 0.0941. The second kappa shape index (κ2) is 7.18. The zero-order chi connectivity index (χ0) is 16.2. The van der Waals surface area contributed by atoms with Crippen LogP contribution >= 0.6 is 34.8 Å². The number of carbonyl (C=O) groups excluding carboxylic acids is 1. The van der Waals surface area contributed by atoms with Gasteiger partial charge in [-0.3, -0.25) is 4.79 Å². The van der Waals surface area contributed by atoms with Crippen LogP contribution in [0.1, 0.15) is 10.4 Å². The summed E-state index contributed by atoms with van der Waals surface area (Å²) in [6.45, 7) is 0. The molecule has 1 atom stereocenters. The third-order valence-corrected chi connectivity index (χ3v) is 3.47. The molecular weight excluding hydrogens is 350 g/mol. The van der Waals surface area contributed by atoms with Crippen LogP contribution in [0.15, 0.2) is 54.6 Å². The van der Waals surface area contributed by atoms with E-state index in [0.29, 0.717) is 5.56 Å². The van der Waals surface area contributed by atoms with Gasteiger partial charge in [-0.2, -0.15) is 0 Å². The molecular formula is C15H12Cl3FN2O. The third kappa shape index (κ3) is 4.50. The van der Waals surface area contributed by atoms with Gasteiger partial charge in [-0.1, -0.05) is 65.1 Å². The maximum atomic E-state index is 13.7. The van der Waals surface area contributed by atoms with Crippen LogP contribution in [-0.2, 0) is 0 Å². The van der Waals surface area contributed by atoms with E-state index in [-0.39, 0.29) is 5.69 Å². The fourth-order valence-corrected chi connectivity index (χ4v) is 2.06. The Morgan fingerprint density at radius 3 is 2.18 bits per heavy atom. The van der Waals surface area contributed by atoms with Crippen LogP contribution in [0.25, 0.3) is 0 Å². The minimum absolute atomic E-state index is 0.118. The van der Waals surface area contributed by atoms with Crippen molar-refractivity contribution in [1.82, 2.24) is 5.32 Å². The quantitative estimate of drug-likeness (QED) is 0.627. The molecule has 22 heavy (non-hydrogen) atoms. The van der Waals surface area contributed by atoms with Gasteiger partial charge in [0.2, 0.25) is 3.79 Å². The molecule has 0 saturated carbocycles. The van der Waals surface area contributed by atoms with E-state index < -0.39 is 21.7 Å². The summed E-state index contributed by atoms with van der Waals surface area (Å²) in [6, 6.07) is 14.3. The van der Waals surface area contributed by atoms with Crippen molar-refractivity contribution in [2.75, 3.05) is 5.32 Å². The summed E-state index contributed by atoms with van der Waals surface area (Å²) in [7, 11) is 0. The van der Waals surface area contributed by atoms with Crippen molar-refractivity contribution in [2.24, 2.45) is 0 Å². The van der Waals surface area contributed by atoms with Gasteiger partial charge < -0.3 is 10.6 Å². The first-order chi connectivity index (χ1) is 10.4. The molecule has 0 aliphatic carbocycles. The number of hydrogen-bond acceptors (Lipinski definition) is 2. The molecule has 0 heterocycles. The van der Waals surface area contributed by atoms with Crippen molar-refractivity contribution < 1.29 is 9.18 Å². The topological polar surface area (TPSA) is 41.1 Å². The van der Waals surface area contributed by atoms with E-state index in [1.807, 2.05) is 0 Å². The summed E-state index contributed by atoms with van der Waals surface area (Å²) >= 11 is 17.6. The number of amides is 1. The largest absolute Gasteiger partial charge is 0.359 e. The highest BCUT2D eigenvalue weighted by Gasteiger charge is 2.34. The van der Waals surface area contributed by atoms with E-state index in [1.54, 1.807) is 36.4 Å². The fraction of sp³-hybridized carbons (Fsp3) is 0.133.